The van der Waals surface area contributed by atoms with Crippen LogP contribution in [0.3, 0.4) is 0 Å². The van der Waals surface area contributed by atoms with Crippen molar-refractivity contribution in [1.29, 1.82) is 0 Å². The maximum atomic E-state index is 11.3. The first-order valence-electron chi connectivity index (χ1n) is 6.58. The number of hydrogen-bond donors (Lipinski definition) is 2. The Morgan fingerprint density at radius 3 is 2.80 bits per heavy atom. The van der Waals surface area contributed by atoms with E-state index in [1.54, 1.807) is 7.11 Å². The molecule has 1 aromatic rings. The van der Waals surface area contributed by atoms with Crippen molar-refractivity contribution in [3.8, 4) is 0 Å². The maximum absolute atomic E-state index is 11.3. The van der Waals surface area contributed by atoms with Crippen molar-refractivity contribution in [1.82, 2.24) is 15.5 Å². The van der Waals surface area contributed by atoms with Gasteiger partial charge in [-0.15, -0.1) is 5.10 Å². The molecule has 0 spiro atoms. The van der Waals surface area contributed by atoms with Gasteiger partial charge in [0.05, 0.1) is 24.7 Å². The average Bonchev–Trinajstić information content (AvgIpc) is 2.85. The van der Waals surface area contributed by atoms with Crippen LogP contribution in [0, 0.1) is 0 Å². The van der Waals surface area contributed by atoms with Crippen LogP contribution in [0.25, 0.3) is 0 Å². The van der Waals surface area contributed by atoms with E-state index in [2.05, 4.69) is 20.8 Å². The zero-order chi connectivity index (χ0) is 14.4. The van der Waals surface area contributed by atoms with E-state index in [1.165, 1.54) is 0 Å². The highest BCUT2D eigenvalue weighted by atomic mass is 32.2. The molecule has 0 unspecified atom stereocenters. The molecular formula is C11H20N4O4S. The number of aromatic nitrogens is 2. The minimum atomic E-state index is -2.85. The first-order chi connectivity index (χ1) is 9.59. The van der Waals surface area contributed by atoms with Gasteiger partial charge in [-0.3, -0.25) is 0 Å². The Labute approximate surface area is 118 Å². The second-order valence-corrected chi connectivity index (χ2v) is 7.04. The molecule has 8 nitrogen and oxygen atoms in total. The lowest BCUT2D eigenvalue weighted by molar-refractivity contribution is 0.198. The molecule has 20 heavy (non-hydrogen) atoms. The topological polar surface area (TPSA) is 106 Å². The highest BCUT2D eigenvalue weighted by molar-refractivity contribution is 7.91. The fourth-order valence-corrected chi connectivity index (χ4v) is 3.45. The summed E-state index contributed by atoms with van der Waals surface area (Å²) in [5.74, 6) is 0.918. The molecule has 9 heteroatoms. The van der Waals surface area contributed by atoms with Crippen LogP contribution in [0.15, 0.2) is 4.42 Å². The highest BCUT2D eigenvalue weighted by Crippen LogP contribution is 2.17. The summed E-state index contributed by atoms with van der Waals surface area (Å²) < 4.78 is 33.0. The molecule has 0 aromatic carbocycles. The Hall–Kier alpha value is -1.19. The number of nitrogens with one attached hydrogen (secondary N) is 2. The zero-order valence-electron chi connectivity index (χ0n) is 11.5. The molecule has 2 N–H and O–H groups in total. The molecule has 0 bridgehead atoms. The van der Waals surface area contributed by atoms with Crippen molar-refractivity contribution in [2.75, 3.05) is 37.1 Å². The molecule has 1 saturated heterocycles. The first-order valence-corrected chi connectivity index (χ1v) is 8.40. The number of hydrogen-bond acceptors (Lipinski definition) is 8. The summed E-state index contributed by atoms with van der Waals surface area (Å²) in [6, 6.07) is 0.422. The van der Waals surface area contributed by atoms with Crippen LogP contribution in [0.4, 0.5) is 6.01 Å². The van der Waals surface area contributed by atoms with E-state index < -0.39 is 9.84 Å². The quantitative estimate of drug-likeness (QED) is 0.667. The second-order valence-electron chi connectivity index (χ2n) is 4.74. The van der Waals surface area contributed by atoms with E-state index in [0.29, 0.717) is 44.4 Å². The third-order valence-corrected chi connectivity index (χ3v) is 4.82. The van der Waals surface area contributed by atoms with Gasteiger partial charge < -0.3 is 19.8 Å². The molecule has 0 radical (unpaired) electrons. The largest absolute Gasteiger partial charge is 0.407 e. The molecule has 0 atom stereocenters. The summed E-state index contributed by atoms with van der Waals surface area (Å²) in [6.07, 6.45) is 1.15. The number of rotatable bonds is 7. The van der Waals surface area contributed by atoms with Gasteiger partial charge >= 0.3 is 6.01 Å². The van der Waals surface area contributed by atoms with Crippen LogP contribution in [0.2, 0.25) is 0 Å². The molecule has 2 rings (SSSR count). The Balaban J connectivity index is 1.75. The van der Waals surface area contributed by atoms with Gasteiger partial charge in [-0.25, -0.2) is 8.42 Å². The van der Waals surface area contributed by atoms with Gasteiger partial charge in [0, 0.05) is 19.7 Å². The Bertz CT molecular complexity index is 502. The number of sulfone groups is 1. The van der Waals surface area contributed by atoms with Crippen LogP contribution in [-0.4, -0.2) is 56.4 Å². The van der Waals surface area contributed by atoms with Gasteiger partial charge in [0.1, 0.15) is 9.84 Å². The SMILES string of the molecule is COCCNCc1nnc(NC2CCS(=O)(=O)CC2)o1. The first kappa shape index (κ1) is 15.2. The number of ether oxygens (including phenoxy) is 1. The van der Waals surface area contributed by atoms with E-state index in [9.17, 15) is 8.42 Å². The van der Waals surface area contributed by atoms with Gasteiger partial charge in [0.25, 0.3) is 0 Å². The van der Waals surface area contributed by atoms with Crippen molar-refractivity contribution in [2.45, 2.75) is 25.4 Å². The fourth-order valence-electron chi connectivity index (χ4n) is 1.96. The number of anilines is 1. The summed E-state index contributed by atoms with van der Waals surface area (Å²) in [5, 5.41) is 14.0. The van der Waals surface area contributed by atoms with E-state index in [0.717, 1.165) is 0 Å². The number of methoxy groups -OCH3 is 1. The third-order valence-electron chi connectivity index (χ3n) is 3.11. The van der Waals surface area contributed by atoms with Crippen molar-refractivity contribution in [3.63, 3.8) is 0 Å². The Morgan fingerprint density at radius 1 is 1.35 bits per heavy atom. The van der Waals surface area contributed by atoms with Crippen LogP contribution in [-0.2, 0) is 21.1 Å². The lowest BCUT2D eigenvalue weighted by Gasteiger charge is -2.21. The Kier molecular flexibility index (Phi) is 5.32. The van der Waals surface area contributed by atoms with Crippen molar-refractivity contribution >= 4 is 15.9 Å². The summed E-state index contributed by atoms with van der Waals surface area (Å²) in [7, 11) is -1.21. The standard InChI is InChI=1S/C11H20N4O4S/c1-18-5-4-12-8-10-14-15-11(19-10)13-9-2-6-20(16,17)7-3-9/h9,12H,2-8H2,1H3,(H,13,15). The minimum Gasteiger partial charge on any atom is -0.407 e. The minimum absolute atomic E-state index is 0.0771. The summed E-state index contributed by atoms with van der Waals surface area (Å²) in [5.41, 5.74) is 0. The monoisotopic (exact) mass is 304 g/mol. The molecule has 1 aromatic heterocycles. The average molecular weight is 304 g/mol. The van der Waals surface area contributed by atoms with Crippen molar-refractivity contribution < 1.29 is 17.6 Å². The highest BCUT2D eigenvalue weighted by Gasteiger charge is 2.24. The lowest BCUT2D eigenvalue weighted by Crippen LogP contribution is -2.32. The predicted octanol–water partition coefficient (Wildman–Crippen LogP) is -0.205. The van der Waals surface area contributed by atoms with Crippen LogP contribution in [0.1, 0.15) is 18.7 Å². The molecule has 1 aliphatic heterocycles. The molecule has 0 saturated carbocycles. The molecule has 1 fully saturated rings. The van der Waals surface area contributed by atoms with Crippen LogP contribution in [0.5, 0.6) is 0 Å². The summed E-state index contributed by atoms with van der Waals surface area (Å²) in [4.78, 5) is 0. The van der Waals surface area contributed by atoms with Gasteiger partial charge in [-0.2, -0.15) is 0 Å². The molecule has 114 valence electrons. The van der Waals surface area contributed by atoms with E-state index in [1.807, 2.05) is 0 Å². The van der Waals surface area contributed by atoms with Gasteiger partial charge in [-0.05, 0) is 12.8 Å². The maximum Gasteiger partial charge on any atom is 0.315 e. The van der Waals surface area contributed by atoms with E-state index >= 15 is 0 Å². The van der Waals surface area contributed by atoms with Crippen molar-refractivity contribution in [3.05, 3.63) is 5.89 Å². The molecule has 2 heterocycles. The predicted molar refractivity (Wildman–Crippen MR) is 73.2 cm³/mol. The molecule has 1 aliphatic rings. The third kappa shape index (κ3) is 4.73. The molecular weight excluding hydrogens is 284 g/mol. The van der Waals surface area contributed by atoms with Crippen LogP contribution < -0.4 is 10.6 Å². The Morgan fingerprint density at radius 2 is 2.10 bits per heavy atom. The van der Waals surface area contributed by atoms with Gasteiger partial charge in [0.15, 0.2) is 0 Å². The summed E-state index contributed by atoms with van der Waals surface area (Å²) in [6.45, 7) is 1.81. The normalized spacial score (nSPS) is 19.1. The van der Waals surface area contributed by atoms with Gasteiger partial charge in [0.2, 0.25) is 5.89 Å². The van der Waals surface area contributed by atoms with Crippen molar-refractivity contribution in [2.24, 2.45) is 0 Å². The fraction of sp³-hybridized carbons (Fsp3) is 0.818. The summed E-state index contributed by atoms with van der Waals surface area (Å²) >= 11 is 0. The second kappa shape index (κ2) is 7.00. The van der Waals surface area contributed by atoms with E-state index in [-0.39, 0.29) is 17.5 Å². The van der Waals surface area contributed by atoms with Crippen LogP contribution >= 0.6 is 0 Å². The molecule has 0 amide bonds. The molecule has 0 aliphatic carbocycles. The smallest absolute Gasteiger partial charge is 0.315 e. The number of nitrogens with zero attached hydrogens (tertiary/aromatic N) is 2. The van der Waals surface area contributed by atoms with E-state index in [4.69, 9.17) is 9.15 Å². The zero-order valence-corrected chi connectivity index (χ0v) is 12.3. The lowest BCUT2D eigenvalue weighted by atomic mass is 10.2. The van der Waals surface area contributed by atoms with Gasteiger partial charge in [-0.1, -0.05) is 5.10 Å².